The van der Waals surface area contributed by atoms with Gasteiger partial charge in [-0.2, -0.15) is 14.9 Å². The molecule has 234 valence electrons. The minimum absolute atomic E-state index is 0.141. The Bertz CT molecular complexity index is 1580. The maximum Gasteiger partial charge on any atom is 0.420 e. The van der Waals surface area contributed by atoms with Crippen molar-refractivity contribution in [3.63, 3.8) is 0 Å². The fraction of sp³-hybridized carbons (Fsp3) is 0.531. The Labute approximate surface area is 257 Å². The van der Waals surface area contributed by atoms with Gasteiger partial charge >= 0.3 is 12.2 Å². The second-order valence-corrected chi connectivity index (χ2v) is 13.5. The number of aliphatic hydroxyl groups excluding tert-OH is 1. The number of anilines is 3. The van der Waals surface area contributed by atoms with Gasteiger partial charge in [0.15, 0.2) is 5.65 Å². The Hall–Kier alpha value is -4.37. The average Bonchev–Trinajstić information content (AvgIpc) is 3.69. The molecule has 0 bridgehead atoms. The van der Waals surface area contributed by atoms with Crippen LogP contribution in [0.1, 0.15) is 77.8 Å². The molecule has 1 aliphatic heterocycles. The van der Waals surface area contributed by atoms with E-state index < -0.39 is 29.5 Å². The fourth-order valence-corrected chi connectivity index (χ4v) is 5.20. The monoisotopic (exact) mass is 603 g/mol. The van der Waals surface area contributed by atoms with Crippen molar-refractivity contribution in [2.24, 2.45) is 5.92 Å². The second kappa shape index (κ2) is 12.0. The van der Waals surface area contributed by atoms with Crippen LogP contribution < -0.4 is 10.2 Å². The highest BCUT2D eigenvalue weighted by Gasteiger charge is 2.34. The summed E-state index contributed by atoms with van der Waals surface area (Å²) < 4.78 is 12.9. The summed E-state index contributed by atoms with van der Waals surface area (Å²) in [5.74, 6) is 1.10. The maximum atomic E-state index is 13.8. The molecule has 0 spiro atoms. The lowest BCUT2D eigenvalue weighted by atomic mass is 9.94. The number of likely N-dealkylation sites (tertiary alicyclic amines) is 1. The van der Waals surface area contributed by atoms with E-state index in [-0.39, 0.29) is 12.5 Å². The predicted molar refractivity (Wildman–Crippen MR) is 165 cm³/mol. The number of carbonyl (C=O) groups is 2. The molecule has 12 nitrogen and oxygen atoms in total. The Morgan fingerprint density at radius 1 is 1.11 bits per heavy atom. The van der Waals surface area contributed by atoms with Gasteiger partial charge in [-0.1, -0.05) is 6.07 Å². The number of fused-ring (bicyclic) bond motifs is 1. The normalized spacial score (nSPS) is 18.9. The van der Waals surface area contributed by atoms with Gasteiger partial charge < -0.3 is 24.8 Å². The molecule has 44 heavy (non-hydrogen) atoms. The van der Waals surface area contributed by atoms with E-state index in [1.807, 2.05) is 20.8 Å². The third-order valence-corrected chi connectivity index (χ3v) is 7.45. The van der Waals surface area contributed by atoms with Gasteiger partial charge in [-0.05, 0) is 84.9 Å². The third kappa shape index (κ3) is 7.22. The number of benzene rings is 1. The maximum absolute atomic E-state index is 13.8. The molecule has 1 aromatic carbocycles. The largest absolute Gasteiger partial charge is 0.444 e. The molecule has 2 aromatic heterocycles. The van der Waals surface area contributed by atoms with Crippen molar-refractivity contribution < 1.29 is 24.2 Å². The molecule has 12 heteroatoms. The quantitative estimate of drug-likeness (QED) is 0.369. The van der Waals surface area contributed by atoms with Gasteiger partial charge in [0.05, 0.1) is 36.2 Å². The van der Waals surface area contributed by atoms with Crippen molar-refractivity contribution in [1.29, 1.82) is 5.26 Å². The molecule has 3 aromatic rings. The van der Waals surface area contributed by atoms with E-state index in [9.17, 15) is 20.0 Å². The molecule has 2 atom stereocenters. The third-order valence-electron chi connectivity index (χ3n) is 7.45. The number of amides is 2. The van der Waals surface area contributed by atoms with Crippen LogP contribution in [0.4, 0.5) is 26.9 Å². The van der Waals surface area contributed by atoms with Crippen LogP contribution in [0.2, 0.25) is 0 Å². The molecule has 2 aliphatic rings. The van der Waals surface area contributed by atoms with Crippen LogP contribution in [0.15, 0.2) is 36.5 Å². The predicted octanol–water partition coefficient (Wildman–Crippen LogP) is 5.58. The molecule has 1 saturated heterocycles. The van der Waals surface area contributed by atoms with Gasteiger partial charge in [-0.25, -0.2) is 19.5 Å². The lowest BCUT2D eigenvalue weighted by molar-refractivity contribution is -0.0104. The van der Waals surface area contributed by atoms with Crippen molar-refractivity contribution in [1.82, 2.24) is 19.5 Å². The van der Waals surface area contributed by atoms with Gasteiger partial charge in [0.1, 0.15) is 22.8 Å². The van der Waals surface area contributed by atoms with Crippen molar-refractivity contribution in [2.75, 3.05) is 29.9 Å². The average molecular weight is 604 g/mol. The lowest BCUT2D eigenvalue weighted by Crippen LogP contribution is -2.49. The second-order valence-electron chi connectivity index (χ2n) is 13.5. The van der Waals surface area contributed by atoms with E-state index in [2.05, 4.69) is 16.5 Å². The highest BCUT2D eigenvalue weighted by molar-refractivity contribution is 5.96. The highest BCUT2D eigenvalue weighted by atomic mass is 16.6. The van der Waals surface area contributed by atoms with Gasteiger partial charge in [0.25, 0.3) is 0 Å². The Morgan fingerprint density at radius 2 is 1.84 bits per heavy atom. The van der Waals surface area contributed by atoms with E-state index >= 15 is 0 Å². The zero-order valence-corrected chi connectivity index (χ0v) is 26.2. The van der Waals surface area contributed by atoms with Crippen molar-refractivity contribution >= 4 is 35.2 Å². The molecule has 2 N–H and O–H groups in total. The number of hydrogen-bond donors (Lipinski definition) is 2. The van der Waals surface area contributed by atoms with Gasteiger partial charge in [-0.3, -0.25) is 0 Å². The number of nitriles is 1. The molecular weight excluding hydrogens is 562 g/mol. The van der Waals surface area contributed by atoms with Crippen LogP contribution >= 0.6 is 0 Å². The number of hydrogen-bond acceptors (Lipinski definition) is 9. The van der Waals surface area contributed by atoms with E-state index in [1.165, 1.54) is 9.80 Å². The van der Waals surface area contributed by atoms with Crippen LogP contribution in [0.25, 0.3) is 5.65 Å². The molecule has 1 aliphatic carbocycles. The van der Waals surface area contributed by atoms with Crippen LogP contribution in [-0.4, -0.2) is 73.7 Å². The summed E-state index contributed by atoms with van der Waals surface area (Å²) in [4.78, 5) is 34.1. The Kier molecular flexibility index (Phi) is 8.44. The Balaban J connectivity index is 1.46. The standard InChI is InChI=1S/C32H41N7O5/c1-31(2,3)43-29(41)37-13-12-22(25(40)19-37)17-34-26-15-27(39-28(36-26)24(18-35-39)21-10-11-21)38(30(42)44-32(4,5)6)23-9-7-8-20(14-23)16-33/h7-9,14-15,18,21-22,25,40H,10-13,17,19H2,1-6H3,(H,34,36)/t22-,25+/m0/s1. The smallest absolute Gasteiger partial charge is 0.420 e. The number of aliphatic hydroxyl groups is 1. The van der Waals surface area contributed by atoms with Crippen molar-refractivity contribution in [2.45, 2.75) is 84.0 Å². The lowest BCUT2D eigenvalue weighted by Gasteiger charge is -2.36. The summed E-state index contributed by atoms with van der Waals surface area (Å²) >= 11 is 0. The number of nitrogens with zero attached hydrogens (tertiary/aromatic N) is 6. The molecule has 0 radical (unpaired) electrons. The summed E-state index contributed by atoms with van der Waals surface area (Å²) in [5, 5.41) is 28.5. The molecule has 2 fully saturated rings. The molecule has 0 unspecified atom stereocenters. The first-order chi connectivity index (χ1) is 20.7. The number of piperidine rings is 1. The molecular formula is C32H41N7O5. The van der Waals surface area contributed by atoms with E-state index in [0.29, 0.717) is 54.0 Å². The SMILES string of the molecule is CC(C)(C)OC(=O)N1CC[C@@H](CNc2cc(N(C(=O)OC(C)(C)C)c3cccc(C#N)c3)n3ncc(C4CC4)c3n2)[C@H](O)C1. The van der Waals surface area contributed by atoms with Crippen LogP contribution in [0.3, 0.4) is 0 Å². The molecule has 3 heterocycles. The summed E-state index contributed by atoms with van der Waals surface area (Å²) in [6.45, 7) is 11.9. The summed E-state index contributed by atoms with van der Waals surface area (Å²) in [6, 6.07) is 10.6. The van der Waals surface area contributed by atoms with E-state index in [1.54, 1.807) is 61.8 Å². The Morgan fingerprint density at radius 3 is 2.48 bits per heavy atom. The molecule has 2 amide bonds. The highest BCUT2D eigenvalue weighted by Crippen LogP contribution is 2.43. The minimum Gasteiger partial charge on any atom is -0.444 e. The van der Waals surface area contributed by atoms with Gasteiger partial charge in [-0.15, -0.1) is 0 Å². The van der Waals surface area contributed by atoms with Crippen LogP contribution in [0, 0.1) is 17.2 Å². The number of rotatable bonds is 6. The summed E-state index contributed by atoms with van der Waals surface area (Å²) in [7, 11) is 0. The van der Waals surface area contributed by atoms with E-state index in [0.717, 1.165) is 18.4 Å². The summed E-state index contributed by atoms with van der Waals surface area (Å²) in [5.41, 5.74) is 1.07. The van der Waals surface area contributed by atoms with Crippen molar-refractivity contribution in [3.8, 4) is 6.07 Å². The molecule has 5 rings (SSSR count). The number of carbonyl (C=O) groups excluding carboxylic acids is 2. The van der Waals surface area contributed by atoms with E-state index in [4.69, 9.17) is 14.5 Å². The number of β-amino-alcohol motifs (C(OH)–C–C–N with tert-alkyl or cyclic N) is 1. The fourth-order valence-electron chi connectivity index (χ4n) is 5.20. The first-order valence-corrected chi connectivity index (χ1v) is 15.0. The molecule has 1 saturated carbocycles. The van der Waals surface area contributed by atoms with Crippen molar-refractivity contribution in [3.05, 3.63) is 47.7 Å². The number of ether oxygens (including phenoxy) is 2. The first-order valence-electron chi connectivity index (χ1n) is 15.0. The van der Waals surface area contributed by atoms with Crippen LogP contribution in [0.5, 0.6) is 0 Å². The minimum atomic E-state index is -0.775. The first kappa shape index (κ1) is 31.1. The van der Waals surface area contributed by atoms with Gasteiger partial charge in [0, 0.05) is 30.6 Å². The topological polar surface area (TPSA) is 145 Å². The summed E-state index contributed by atoms with van der Waals surface area (Å²) in [6.07, 6.45) is 2.64. The number of aromatic nitrogens is 3. The zero-order chi connectivity index (χ0) is 31.8. The number of nitrogens with one attached hydrogen (secondary N) is 1. The van der Waals surface area contributed by atoms with Crippen LogP contribution in [-0.2, 0) is 9.47 Å². The van der Waals surface area contributed by atoms with Gasteiger partial charge in [0.2, 0.25) is 0 Å². The zero-order valence-electron chi connectivity index (χ0n) is 26.2.